The van der Waals surface area contributed by atoms with E-state index in [0.717, 1.165) is 0 Å². The van der Waals surface area contributed by atoms with Gasteiger partial charge in [-0.3, -0.25) is 0 Å². The second-order valence-electron chi connectivity index (χ2n) is 4.95. The molecule has 1 saturated heterocycles. The van der Waals surface area contributed by atoms with E-state index >= 15 is 0 Å². The summed E-state index contributed by atoms with van der Waals surface area (Å²) in [6.45, 7) is 7.93. The molecule has 1 rings (SSSR count). The van der Waals surface area contributed by atoms with Crippen molar-refractivity contribution in [2.75, 3.05) is 13.1 Å². The minimum absolute atomic E-state index is 0.155. The molecule has 16 heavy (non-hydrogen) atoms. The van der Waals surface area contributed by atoms with Gasteiger partial charge >= 0.3 is 6.09 Å². The van der Waals surface area contributed by atoms with Gasteiger partial charge in [0.05, 0.1) is 18.6 Å². The number of likely N-dealkylation sites (tertiary alicyclic amines) is 1. The van der Waals surface area contributed by atoms with Gasteiger partial charge in [0, 0.05) is 6.54 Å². The Hall–Kier alpha value is -1.21. The summed E-state index contributed by atoms with van der Waals surface area (Å²) in [4.78, 5) is 13.2. The summed E-state index contributed by atoms with van der Waals surface area (Å²) < 4.78 is 5.22. The number of carbonyl (C=O) groups is 1. The molecule has 1 N–H and O–H groups in total. The van der Waals surface area contributed by atoms with E-state index in [1.807, 2.05) is 20.8 Å². The lowest BCUT2D eigenvalue weighted by Gasteiger charge is -2.24. The average Bonchev–Trinajstić information content (AvgIpc) is 2.46. The number of carbonyl (C=O) groups excluding carboxylic acids is 1. The number of aliphatic hydroxyl groups is 1. The van der Waals surface area contributed by atoms with Crippen LogP contribution >= 0.6 is 0 Å². The fraction of sp³-hybridized carbons (Fsp3) is 0.750. The number of amides is 1. The van der Waals surface area contributed by atoms with Crippen LogP contribution in [0.5, 0.6) is 0 Å². The molecule has 0 spiro atoms. The van der Waals surface area contributed by atoms with Crippen LogP contribution < -0.4 is 0 Å². The van der Waals surface area contributed by atoms with Crippen molar-refractivity contribution in [3.05, 3.63) is 0 Å². The zero-order chi connectivity index (χ0) is 12.3. The molecule has 0 bridgehead atoms. The van der Waals surface area contributed by atoms with E-state index in [0.29, 0.717) is 13.1 Å². The van der Waals surface area contributed by atoms with Gasteiger partial charge in [-0.1, -0.05) is 5.92 Å². The zero-order valence-corrected chi connectivity index (χ0v) is 10.3. The molecule has 0 saturated carbocycles. The molecule has 4 heteroatoms. The van der Waals surface area contributed by atoms with Crippen molar-refractivity contribution in [1.29, 1.82) is 0 Å². The van der Waals surface area contributed by atoms with E-state index < -0.39 is 11.7 Å². The van der Waals surface area contributed by atoms with Gasteiger partial charge in [0.2, 0.25) is 0 Å². The van der Waals surface area contributed by atoms with Crippen LogP contribution in [0.1, 0.15) is 27.7 Å². The molecule has 0 radical (unpaired) electrons. The summed E-state index contributed by atoms with van der Waals surface area (Å²) in [5.74, 6) is 5.50. The highest BCUT2D eigenvalue weighted by Crippen LogP contribution is 2.19. The van der Waals surface area contributed by atoms with Gasteiger partial charge in [-0.05, 0) is 27.7 Å². The highest BCUT2D eigenvalue weighted by molar-refractivity contribution is 5.68. The minimum Gasteiger partial charge on any atom is -0.444 e. The summed E-state index contributed by atoms with van der Waals surface area (Å²) in [7, 11) is 0. The molecular weight excluding hydrogens is 206 g/mol. The van der Waals surface area contributed by atoms with E-state index in [1.165, 1.54) is 4.90 Å². The quantitative estimate of drug-likeness (QED) is 0.631. The van der Waals surface area contributed by atoms with Crippen molar-refractivity contribution in [1.82, 2.24) is 4.90 Å². The Morgan fingerprint density at radius 3 is 2.56 bits per heavy atom. The molecule has 1 amide bonds. The summed E-state index contributed by atoms with van der Waals surface area (Å²) in [6.07, 6.45) is -0.952. The predicted molar refractivity (Wildman–Crippen MR) is 60.8 cm³/mol. The molecule has 90 valence electrons. The van der Waals surface area contributed by atoms with Gasteiger partial charge in [-0.25, -0.2) is 4.79 Å². The second kappa shape index (κ2) is 4.75. The Morgan fingerprint density at radius 1 is 1.44 bits per heavy atom. The topological polar surface area (TPSA) is 49.8 Å². The van der Waals surface area contributed by atoms with E-state index in [-0.39, 0.29) is 12.0 Å². The molecule has 4 nitrogen and oxygen atoms in total. The highest BCUT2D eigenvalue weighted by atomic mass is 16.6. The first kappa shape index (κ1) is 12.9. The van der Waals surface area contributed by atoms with Gasteiger partial charge in [-0.2, -0.15) is 0 Å². The molecule has 1 aliphatic rings. The fourth-order valence-electron chi connectivity index (χ4n) is 1.59. The first-order chi connectivity index (χ1) is 7.33. The smallest absolute Gasteiger partial charge is 0.410 e. The van der Waals surface area contributed by atoms with Crippen LogP contribution in [0.2, 0.25) is 0 Å². The maximum atomic E-state index is 11.7. The fourth-order valence-corrected chi connectivity index (χ4v) is 1.59. The summed E-state index contributed by atoms with van der Waals surface area (Å²) in [5, 5.41) is 9.69. The first-order valence-electron chi connectivity index (χ1n) is 5.42. The van der Waals surface area contributed by atoms with Crippen molar-refractivity contribution in [3.63, 3.8) is 0 Å². The number of β-amino-alcohol motifs (C(OH)–C–C–N with tert-alkyl or cyclic N) is 1. The Morgan fingerprint density at radius 2 is 2.06 bits per heavy atom. The summed E-state index contributed by atoms with van der Waals surface area (Å²) in [6, 6.07) is 0. The van der Waals surface area contributed by atoms with Crippen molar-refractivity contribution in [2.45, 2.75) is 39.4 Å². The Kier molecular flexibility index (Phi) is 3.82. The van der Waals surface area contributed by atoms with Gasteiger partial charge in [0.25, 0.3) is 0 Å². The van der Waals surface area contributed by atoms with Crippen molar-refractivity contribution in [3.8, 4) is 11.8 Å². The van der Waals surface area contributed by atoms with Crippen molar-refractivity contribution < 1.29 is 14.6 Å². The number of rotatable bonds is 0. The van der Waals surface area contributed by atoms with Crippen molar-refractivity contribution >= 4 is 6.09 Å². The van der Waals surface area contributed by atoms with Crippen LogP contribution in [0, 0.1) is 17.8 Å². The number of aliphatic hydroxyl groups excluding tert-OH is 1. The molecular formula is C12H19NO3. The minimum atomic E-state index is -0.569. The molecule has 1 fully saturated rings. The van der Waals surface area contributed by atoms with Crippen LogP contribution in [0.3, 0.4) is 0 Å². The van der Waals surface area contributed by atoms with Gasteiger partial charge in [-0.15, -0.1) is 5.92 Å². The molecule has 1 heterocycles. The molecule has 0 unspecified atom stereocenters. The zero-order valence-electron chi connectivity index (χ0n) is 10.3. The van der Waals surface area contributed by atoms with Crippen LogP contribution in [0.4, 0.5) is 4.79 Å². The SMILES string of the molecule is CC#C[C@@H]1CN(C(=O)OC(C)(C)C)C[C@H]1O. The monoisotopic (exact) mass is 225 g/mol. The van der Waals surface area contributed by atoms with Crippen molar-refractivity contribution in [2.24, 2.45) is 5.92 Å². The van der Waals surface area contributed by atoms with Gasteiger partial charge in [0.1, 0.15) is 5.60 Å². The maximum absolute atomic E-state index is 11.7. The van der Waals surface area contributed by atoms with Crippen LogP contribution in [0.15, 0.2) is 0 Å². The standard InChI is InChI=1S/C12H19NO3/c1-5-6-9-7-13(8-10(9)14)11(15)16-12(2,3)4/h9-10,14H,7-8H2,1-4H3/t9-,10-/m1/s1. The lowest BCUT2D eigenvalue weighted by atomic mass is 10.1. The van der Waals surface area contributed by atoms with E-state index in [2.05, 4.69) is 11.8 Å². The normalized spacial score (nSPS) is 24.9. The van der Waals surface area contributed by atoms with Gasteiger partial charge in [0.15, 0.2) is 0 Å². The number of ether oxygens (including phenoxy) is 1. The van der Waals surface area contributed by atoms with Crippen LogP contribution in [-0.2, 0) is 4.74 Å². The lowest BCUT2D eigenvalue weighted by Crippen LogP contribution is -2.35. The molecule has 0 aromatic heterocycles. The summed E-state index contributed by atoms with van der Waals surface area (Å²) >= 11 is 0. The molecule has 0 aromatic carbocycles. The lowest BCUT2D eigenvalue weighted by molar-refractivity contribution is 0.0270. The molecule has 0 aromatic rings. The van der Waals surface area contributed by atoms with E-state index in [1.54, 1.807) is 6.92 Å². The third kappa shape index (κ3) is 3.42. The Bertz CT molecular complexity index is 321. The predicted octanol–water partition coefficient (Wildman–Crippen LogP) is 1.24. The second-order valence-corrected chi connectivity index (χ2v) is 4.95. The van der Waals surface area contributed by atoms with Crippen LogP contribution in [-0.4, -0.2) is 40.9 Å². The summed E-state index contributed by atoms with van der Waals surface area (Å²) in [5.41, 5.74) is -0.503. The maximum Gasteiger partial charge on any atom is 0.410 e. The van der Waals surface area contributed by atoms with Crippen LogP contribution in [0.25, 0.3) is 0 Å². The molecule has 1 aliphatic heterocycles. The number of nitrogens with zero attached hydrogens (tertiary/aromatic N) is 1. The van der Waals surface area contributed by atoms with Gasteiger partial charge < -0.3 is 14.7 Å². The largest absolute Gasteiger partial charge is 0.444 e. The Balaban J connectivity index is 2.57. The van der Waals surface area contributed by atoms with E-state index in [4.69, 9.17) is 4.74 Å². The number of hydrogen-bond acceptors (Lipinski definition) is 3. The highest BCUT2D eigenvalue weighted by Gasteiger charge is 2.35. The average molecular weight is 225 g/mol. The third-order valence-corrected chi connectivity index (χ3v) is 2.27. The first-order valence-corrected chi connectivity index (χ1v) is 5.42. The Labute approximate surface area is 96.6 Å². The third-order valence-electron chi connectivity index (χ3n) is 2.27. The molecule has 2 atom stereocenters. The molecule has 0 aliphatic carbocycles. The van der Waals surface area contributed by atoms with E-state index in [9.17, 15) is 9.90 Å². The number of hydrogen-bond donors (Lipinski definition) is 1.